The first-order valence-electron chi connectivity index (χ1n) is 14.1. The number of hydrogen-bond acceptors (Lipinski definition) is 6. The number of likely N-dealkylation sites (tertiary alicyclic amines) is 1. The van der Waals surface area contributed by atoms with Crippen molar-refractivity contribution in [3.05, 3.63) is 46.9 Å². The summed E-state index contributed by atoms with van der Waals surface area (Å²) in [6.45, 7) is 6.79. The SMILES string of the molecule is C#CCOCCN1CC(n2nc(N3CCCc4cc(-c5cnn(C)c5)c(C(F)F)cc43)c3c2CCN(C(C)=O)C3)C1. The predicted octanol–water partition coefficient (Wildman–Crippen LogP) is 3.72. The minimum atomic E-state index is -2.63. The van der Waals surface area contributed by atoms with Crippen LogP contribution in [0.5, 0.6) is 0 Å². The van der Waals surface area contributed by atoms with Gasteiger partial charge >= 0.3 is 0 Å². The zero-order valence-electron chi connectivity index (χ0n) is 23.5. The molecule has 0 spiro atoms. The Kier molecular flexibility index (Phi) is 7.53. The molecule has 1 aromatic carbocycles. The molecule has 216 valence electrons. The number of carbonyl (C=O) groups excluding carboxylic acids is 1. The molecule has 0 aliphatic carbocycles. The number of anilines is 2. The van der Waals surface area contributed by atoms with Crippen molar-refractivity contribution in [2.24, 2.45) is 7.05 Å². The Morgan fingerprint density at radius 3 is 2.78 bits per heavy atom. The molecule has 0 bridgehead atoms. The van der Waals surface area contributed by atoms with Gasteiger partial charge in [0.15, 0.2) is 5.82 Å². The fourth-order valence-electron chi connectivity index (χ4n) is 6.28. The minimum absolute atomic E-state index is 0.0102. The van der Waals surface area contributed by atoms with Crippen LogP contribution >= 0.6 is 0 Å². The lowest BCUT2D eigenvalue weighted by Gasteiger charge is -2.40. The Labute approximate surface area is 238 Å². The van der Waals surface area contributed by atoms with Crippen LogP contribution in [0.4, 0.5) is 20.3 Å². The van der Waals surface area contributed by atoms with Crippen molar-refractivity contribution >= 4 is 17.4 Å². The molecule has 11 heteroatoms. The largest absolute Gasteiger partial charge is 0.367 e. The number of aromatic nitrogens is 4. The fraction of sp³-hybridized carbons (Fsp3) is 0.500. The molecule has 1 saturated heterocycles. The highest BCUT2D eigenvalue weighted by molar-refractivity contribution is 5.78. The number of ether oxygens (including phenoxy) is 1. The van der Waals surface area contributed by atoms with Crippen LogP contribution in [-0.2, 0) is 36.0 Å². The molecule has 3 aliphatic heterocycles. The normalized spacial score (nSPS) is 17.4. The van der Waals surface area contributed by atoms with Gasteiger partial charge in [-0.1, -0.05) is 5.92 Å². The van der Waals surface area contributed by atoms with Crippen LogP contribution in [0.3, 0.4) is 0 Å². The molecule has 9 nitrogen and oxygen atoms in total. The highest BCUT2D eigenvalue weighted by Gasteiger charge is 2.37. The molecule has 0 radical (unpaired) electrons. The number of aryl methyl sites for hydroxylation is 2. The lowest BCUT2D eigenvalue weighted by atomic mass is 9.92. The van der Waals surface area contributed by atoms with Crippen molar-refractivity contribution in [3.63, 3.8) is 0 Å². The van der Waals surface area contributed by atoms with Gasteiger partial charge in [-0.05, 0) is 36.1 Å². The first-order valence-corrected chi connectivity index (χ1v) is 14.1. The number of hydrogen-bond donors (Lipinski definition) is 0. The number of alkyl halides is 2. The standard InChI is InChI=1S/C30H35F2N7O2/c1-4-11-41-12-10-36-17-23(18-36)39-27-7-9-37(20(2)40)19-26(27)30(34-39)38-8-5-6-21-13-24(22-15-33-35(3)16-22)25(29(31)32)14-28(21)38/h1,13-16,23,29H,5-12,17-19H2,2-3H3. The average molecular weight is 564 g/mol. The van der Waals surface area contributed by atoms with Crippen molar-refractivity contribution < 1.29 is 18.3 Å². The minimum Gasteiger partial charge on any atom is -0.367 e. The van der Waals surface area contributed by atoms with Gasteiger partial charge in [0.05, 0.1) is 25.4 Å². The van der Waals surface area contributed by atoms with Crippen LogP contribution in [0.15, 0.2) is 24.5 Å². The lowest BCUT2D eigenvalue weighted by Crippen LogP contribution is -2.49. The fourth-order valence-corrected chi connectivity index (χ4v) is 6.28. The summed E-state index contributed by atoms with van der Waals surface area (Å²) in [5.41, 5.74) is 5.13. The van der Waals surface area contributed by atoms with E-state index in [1.165, 1.54) is 0 Å². The summed E-state index contributed by atoms with van der Waals surface area (Å²) in [7, 11) is 1.78. The molecule has 2 aromatic heterocycles. The molecule has 1 amide bonds. The van der Waals surface area contributed by atoms with E-state index in [0.29, 0.717) is 50.4 Å². The molecule has 6 rings (SSSR count). The summed E-state index contributed by atoms with van der Waals surface area (Å²) in [5, 5.41) is 9.35. The number of rotatable bonds is 8. The maximum Gasteiger partial charge on any atom is 0.264 e. The summed E-state index contributed by atoms with van der Waals surface area (Å²) in [6.07, 6.45) is 8.42. The number of amides is 1. The number of fused-ring (bicyclic) bond motifs is 2. The second kappa shape index (κ2) is 11.3. The van der Waals surface area contributed by atoms with Gasteiger partial charge in [0, 0.05) is 87.4 Å². The van der Waals surface area contributed by atoms with Crippen molar-refractivity contribution in [1.29, 1.82) is 0 Å². The molecule has 0 N–H and O–H groups in total. The van der Waals surface area contributed by atoms with Gasteiger partial charge in [-0.15, -0.1) is 6.42 Å². The number of carbonyl (C=O) groups is 1. The molecule has 1 fully saturated rings. The third-order valence-electron chi connectivity index (χ3n) is 8.41. The molecule has 3 aliphatic rings. The smallest absolute Gasteiger partial charge is 0.264 e. The molecule has 0 unspecified atom stereocenters. The van der Waals surface area contributed by atoms with E-state index in [0.717, 1.165) is 60.8 Å². The number of nitrogens with zero attached hydrogens (tertiary/aromatic N) is 7. The van der Waals surface area contributed by atoms with Gasteiger partial charge in [-0.3, -0.25) is 19.1 Å². The highest BCUT2D eigenvalue weighted by atomic mass is 19.3. The summed E-state index contributed by atoms with van der Waals surface area (Å²) >= 11 is 0. The molecule has 3 aromatic rings. The van der Waals surface area contributed by atoms with E-state index in [-0.39, 0.29) is 17.5 Å². The Morgan fingerprint density at radius 1 is 1.24 bits per heavy atom. The number of terminal acetylenes is 1. The predicted molar refractivity (Wildman–Crippen MR) is 151 cm³/mol. The molecule has 0 atom stereocenters. The zero-order valence-corrected chi connectivity index (χ0v) is 23.5. The van der Waals surface area contributed by atoms with Crippen LogP contribution in [0.2, 0.25) is 0 Å². The Balaban J connectivity index is 1.35. The Hall–Kier alpha value is -3.75. The van der Waals surface area contributed by atoms with Crippen LogP contribution in [0.25, 0.3) is 11.1 Å². The number of benzene rings is 1. The summed E-state index contributed by atoms with van der Waals surface area (Å²) in [4.78, 5) is 18.6. The molecular formula is C30H35F2N7O2. The van der Waals surface area contributed by atoms with Gasteiger partial charge in [-0.25, -0.2) is 8.78 Å². The van der Waals surface area contributed by atoms with Crippen molar-refractivity contribution in [2.75, 3.05) is 50.8 Å². The van der Waals surface area contributed by atoms with Crippen molar-refractivity contribution in [2.45, 2.75) is 45.2 Å². The average Bonchev–Trinajstić information content (AvgIpc) is 3.54. The molecule has 5 heterocycles. The monoisotopic (exact) mass is 563 g/mol. The van der Waals surface area contributed by atoms with Crippen molar-refractivity contribution in [1.82, 2.24) is 29.4 Å². The quantitative estimate of drug-likeness (QED) is 0.308. The number of halogens is 2. The van der Waals surface area contributed by atoms with Crippen LogP contribution in [0, 0.1) is 12.3 Å². The molecule has 0 saturated carbocycles. The van der Waals surface area contributed by atoms with E-state index in [4.69, 9.17) is 16.3 Å². The Bertz CT molecular complexity index is 1480. The van der Waals surface area contributed by atoms with E-state index in [2.05, 4.69) is 25.5 Å². The van der Waals surface area contributed by atoms with Crippen molar-refractivity contribution in [3.8, 4) is 23.5 Å². The first-order chi connectivity index (χ1) is 19.8. The van der Waals surface area contributed by atoms with Crippen LogP contribution < -0.4 is 4.90 Å². The van der Waals surface area contributed by atoms with Gasteiger partial charge in [-0.2, -0.15) is 10.2 Å². The second-order valence-electron chi connectivity index (χ2n) is 11.1. The van der Waals surface area contributed by atoms with Crippen LogP contribution in [-0.4, -0.2) is 81.2 Å². The van der Waals surface area contributed by atoms with Gasteiger partial charge in [0.1, 0.15) is 6.61 Å². The molecular weight excluding hydrogens is 528 g/mol. The van der Waals surface area contributed by atoms with E-state index in [1.807, 2.05) is 11.0 Å². The summed E-state index contributed by atoms with van der Waals surface area (Å²) in [6, 6.07) is 3.75. The van der Waals surface area contributed by atoms with Gasteiger partial charge in [0.25, 0.3) is 6.43 Å². The topological polar surface area (TPSA) is 71.7 Å². The van der Waals surface area contributed by atoms with E-state index in [9.17, 15) is 13.6 Å². The van der Waals surface area contributed by atoms with Gasteiger partial charge < -0.3 is 14.5 Å². The van der Waals surface area contributed by atoms with Gasteiger partial charge in [0.2, 0.25) is 5.91 Å². The summed E-state index contributed by atoms with van der Waals surface area (Å²) < 4.78 is 38.1. The second-order valence-corrected chi connectivity index (χ2v) is 11.1. The highest BCUT2D eigenvalue weighted by Crippen LogP contribution is 2.43. The first kappa shape index (κ1) is 27.4. The van der Waals surface area contributed by atoms with E-state index < -0.39 is 6.43 Å². The van der Waals surface area contributed by atoms with E-state index >= 15 is 0 Å². The third-order valence-corrected chi connectivity index (χ3v) is 8.41. The van der Waals surface area contributed by atoms with Crippen LogP contribution in [0.1, 0.15) is 48.2 Å². The van der Waals surface area contributed by atoms with E-state index in [1.54, 1.807) is 37.1 Å². The summed E-state index contributed by atoms with van der Waals surface area (Å²) in [5.74, 6) is 3.29. The zero-order chi connectivity index (χ0) is 28.7. The molecule has 41 heavy (non-hydrogen) atoms. The third kappa shape index (κ3) is 5.22. The Morgan fingerprint density at radius 2 is 2.07 bits per heavy atom. The maximum absolute atomic E-state index is 14.4. The maximum atomic E-state index is 14.4. The lowest BCUT2D eigenvalue weighted by molar-refractivity contribution is -0.129.